The molecule has 0 aromatic heterocycles. The van der Waals surface area contributed by atoms with Crippen molar-refractivity contribution in [2.45, 2.75) is 19.9 Å². The fourth-order valence-electron chi connectivity index (χ4n) is 1.38. The predicted molar refractivity (Wildman–Crippen MR) is 64.2 cm³/mol. The van der Waals surface area contributed by atoms with Crippen LogP contribution in [-0.4, -0.2) is 25.2 Å². The fourth-order valence-corrected chi connectivity index (χ4v) is 1.38. The van der Waals surface area contributed by atoms with Crippen LogP contribution in [0.25, 0.3) is 0 Å². The number of hydrogen-bond acceptors (Lipinski definition) is 3. The molecule has 0 saturated heterocycles. The van der Waals surface area contributed by atoms with Gasteiger partial charge in [0.25, 0.3) is 5.91 Å². The molecule has 0 radical (unpaired) electrons. The van der Waals surface area contributed by atoms with Gasteiger partial charge in [0, 0.05) is 18.7 Å². The summed E-state index contributed by atoms with van der Waals surface area (Å²) in [7, 11) is 0. The van der Waals surface area contributed by atoms with Crippen LogP contribution < -0.4 is 11.1 Å². The van der Waals surface area contributed by atoms with Crippen molar-refractivity contribution in [1.82, 2.24) is 5.32 Å². The van der Waals surface area contributed by atoms with Crippen LogP contribution in [0.15, 0.2) is 12.1 Å². The van der Waals surface area contributed by atoms with Gasteiger partial charge < -0.3 is 15.8 Å². The average Bonchev–Trinajstić information content (AvgIpc) is 2.31. The molecular formula is C12H16F2N2O2. The Bertz CT molecular complexity index is 438. The molecule has 0 bridgehead atoms. The highest BCUT2D eigenvalue weighted by atomic mass is 19.1. The normalized spacial score (nSPS) is 12.2. The predicted octanol–water partition coefficient (Wildman–Crippen LogP) is 1.70. The second-order valence-electron chi connectivity index (χ2n) is 3.89. The Kier molecular flexibility index (Phi) is 5.03. The Morgan fingerprint density at radius 1 is 1.44 bits per heavy atom. The zero-order valence-corrected chi connectivity index (χ0v) is 10.3. The topological polar surface area (TPSA) is 64.3 Å². The summed E-state index contributed by atoms with van der Waals surface area (Å²) in [5.74, 6) is -2.47. The SMILES string of the molecule is CCOCC(C)NC(=O)c1cc(N)c(F)cc1F. The largest absolute Gasteiger partial charge is 0.396 e. The van der Waals surface area contributed by atoms with E-state index in [0.29, 0.717) is 19.3 Å². The zero-order valence-electron chi connectivity index (χ0n) is 10.3. The van der Waals surface area contributed by atoms with Crippen molar-refractivity contribution < 1.29 is 18.3 Å². The Hall–Kier alpha value is -1.69. The van der Waals surface area contributed by atoms with Gasteiger partial charge in [0.1, 0.15) is 11.6 Å². The van der Waals surface area contributed by atoms with Gasteiger partial charge in [-0.3, -0.25) is 4.79 Å². The van der Waals surface area contributed by atoms with Crippen molar-refractivity contribution in [1.29, 1.82) is 0 Å². The van der Waals surface area contributed by atoms with E-state index >= 15 is 0 Å². The number of ether oxygens (including phenoxy) is 1. The molecule has 18 heavy (non-hydrogen) atoms. The number of hydrogen-bond donors (Lipinski definition) is 2. The molecule has 1 aromatic rings. The van der Waals surface area contributed by atoms with E-state index in [-0.39, 0.29) is 17.3 Å². The van der Waals surface area contributed by atoms with Gasteiger partial charge in [0.2, 0.25) is 0 Å². The van der Waals surface area contributed by atoms with Gasteiger partial charge in [-0.25, -0.2) is 8.78 Å². The summed E-state index contributed by atoms with van der Waals surface area (Å²) in [5, 5.41) is 2.54. The van der Waals surface area contributed by atoms with Gasteiger partial charge in [0.15, 0.2) is 0 Å². The van der Waals surface area contributed by atoms with Gasteiger partial charge in [-0.05, 0) is 19.9 Å². The molecule has 1 amide bonds. The monoisotopic (exact) mass is 258 g/mol. The lowest BCUT2D eigenvalue weighted by atomic mass is 10.1. The molecule has 6 heteroatoms. The molecule has 1 atom stereocenters. The van der Waals surface area contributed by atoms with Crippen LogP contribution in [0.4, 0.5) is 14.5 Å². The second-order valence-corrected chi connectivity index (χ2v) is 3.89. The molecule has 1 unspecified atom stereocenters. The van der Waals surface area contributed by atoms with E-state index in [4.69, 9.17) is 10.5 Å². The minimum atomic E-state index is -0.942. The molecule has 3 N–H and O–H groups in total. The summed E-state index contributed by atoms with van der Waals surface area (Å²) in [6.45, 7) is 4.39. The number of nitrogens with two attached hydrogens (primary N) is 1. The maximum absolute atomic E-state index is 13.4. The number of anilines is 1. The van der Waals surface area contributed by atoms with Crippen LogP contribution in [0.5, 0.6) is 0 Å². The molecule has 1 rings (SSSR count). The van der Waals surface area contributed by atoms with Gasteiger partial charge in [-0.15, -0.1) is 0 Å². The lowest BCUT2D eigenvalue weighted by Gasteiger charge is -2.14. The molecule has 0 heterocycles. The van der Waals surface area contributed by atoms with Crippen molar-refractivity contribution >= 4 is 11.6 Å². The smallest absolute Gasteiger partial charge is 0.254 e. The van der Waals surface area contributed by atoms with Crippen molar-refractivity contribution in [2.24, 2.45) is 0 Å². The summed E-state index contributed by atoms with van der Waals surface area (Å²) in [5.41, 5.74) is 4.75. The van der Waals surface area contributed by atoms with Gasteiger partial charge >= 0.3 is 0 Å². The number of carbonyl (C=O) groups is 1. The van der Waals surface area contributed by atoms with E-state index in [9.17, 15) is 13.6 Å². The number of nitrogens with one attached hydrogen (secondary N) is 1. The van der Waals surface area contributed by atoms with Crippen LogP contribution in [0, 0.1) is 11.6 Å². The Balaban J connectivity index is 2.75. The van der Waals surface area contributed by atoms with Crippen LogP contribution in [-0.2, 0) is 4.74 Å². The van der Waals surface area contributed by atoms with E-state index in [1.807, 2.05) is 6.92 Å². The zero-order chi connectivity index (χ0) is 13.7. The van der Waals surface area contributed by atoms with Crippen LogP contribution in [0.3, 0.4) is 0 Å². The molecular weight excluding hydrogens is 242 g/mol. The van der Waals surface area contributed by atoms with Gasteiger partial charge in [0.05, 0.1) is 17.9 Å². The quantitative estimate of drug-likeness (QED) is 0.790. The highest BCUT2D eigenvalue weighted by molar-refractivity contribution is 5.95. The minimum absolute atomic E-state index is 0.265. The first kappa shape index (κ1) is 14.4. The molecule has 4 nitrogen and oxygen atoms in total. The number of benzene rings is 1. The lowest BCUT2D eigenvalue weighted by Crippen LogP contribution is -2.36. The molecule has 0 aliphatic carbocycles. The molecule has 100 valence electrons. The third-order valence-corrected chi connectivity index (χ3v) is 2.28. The molecule has 0 spiro atoms. The first-order chi connectivity index (χ1) is 8.45. The van der Waals surface area contributed by atoms with Crippen LogP contribution in [0.2, 0.25) is 0 Å². The maximum Gasteiger partial charge on any atom is 0.254 e. The van der Waals surface area contributed by atoms with Gasteiger partial charge in [-0.2, -0.15) is 0 Å². The minimum Gasteiger partial charge on any atom is -0.396 e. The summed E-state index contributed by atoms with van der Waals surface area (Å²) in [6, 6.07) is 1.30. The molecule has 0 aliphatic heterocycles. The Labute approximate surface area is 104 Å². The van der Waals surface area contributed by atoms with Crippen LogP contribution >= 0.6 is 0 Å². The summed E-state index contributed by atoms with van der Waals surface area (Å²) in [4.78, 5) is 11.7. The maximum atomic E-state index is 13.4. The van der Waals surface area contributed by atoms with E-state index in [1.54, 1.807) is 6.92 Å². The fraction of sp³-hybridized carbons (Fsp3) is 0.417. The molecule has 1 aromatic carbocycles. The standard InChI is InChI=1S/C12H16F2N2O2/c1-3-18-6-7(2)16-12(17)8-4-11(15)10(14)5-9(8)13/h4-5,7H,3,6,15H2,1-2H3,(H,16,17). The van der Waals surface area contributed by atoms with Crippen molar-refractivity contribution in [3.63, 3.8) is 0 Å². The first-order valence-electron chi connectivity index (χ1n) is 5.58. The summed E-state index contributed by atoms with van der Waals surface area (Å²) >= 11 is 0. The molecule has 0 saturated carbocycles. The summed E-state index contributed by atoms with van der Waals surface area (Å²) < 4.78 is 31.4. The number of halogens is 2. The van der Waals surface area contributed by atoms with Crippen LogP contribution in [0.1, 0.15) is 24.2 Å². The second kappa shape index (κ2) is 6.30. The molecule has 0 fully saturated rings. The number of nitrogen functional groups attached to an aromatic ring is 1. The number of rotatable bonds is 5. The number of carbonyl (C=O) groups excluding carboxylic acids is 1. The average molecular weight is 258 g/mol. The Morgan fingerprint density at radius 2 is 2.11 bits per heavy atom. The van der Waals surface area contributed by atoms with E-state index in [1.165, 1.54) is 0 Å². The highest BCUT2D eigenvalue weighted by Gasteiger charge is 2.16. The van der Waals surface area contributed by atoms with Crippen molar-refractivity contribution in [2.75, 3.05) is 18.9 Å². The summed E-state index contributed by atoms with van der Waals surface area (Å²) in [6.07, 6.45) is 0. The van der Waals surface area contributed by atoms with Crippen molar-refractivity contribution in [3.8, 4) is 0 Å². The van der Waals surface area contributed by atoms with Crippen molar-refractivity contribution in [3.05, 3.63) is 29.3 Å². The third kappa shape index (κ3) is 3.66. The van der Waals surface area contributed by atoms with E-state index in [0.717, 1.165) is 6.07 Å². The lowest BCUT2D eigenvalue weighted by molar-refractivity contribution is 0.0868. The third-order valence-electron chi connectivity index (χ3n) is 2.28. The highest BCUT2D eigenvalue weighted by Crippen LogP contribution is 2.16. The molecule has 0 aliphatic rings. The number of amides is 1. The first-order valence-corrected chi connectivity index (χ1v) is 5.58. The van der Waals surface area contributed by atoms with E-state index in [2.05, 4.69) is 5.32 Å². The van der Waals surface area contributed by atoms with Gasteiger partial charge in [-0.1, -0.05) is 0 Å². The van der Waals surface area contributed by atoms with E-state index < -0.39 is 17.5 Å². The Morgan fingerprint density at radius 3 is 2.72 bits per heavy atom.